The number of anilines is 1. The van der Waals surface area contributed by atoms with Crippen LogP contribution in [0.15, 0.2) is 53.4 Å². The van der Waals surface area contributed by atoms with Crippen LogP contribution in [0.2, 0.25) is 0 Å². The maximum atomic E-state index is 12.4. The second-order valence-corrected chi connectivity index (χ2v) is 5.73. The first-order valence-electron chi connectivity index (χ1n) is 6.42. The Balaban J connectivity index is 1.92. The van der Waals surface area contributed by atoms with E-state index in [1.54, 1.807) is 24.3 Å². The molecule has 0 fully saturated rings. The Morgan fingerprint density at radius 2 is 1.91 bits per heavy atom. The summed E-state index contributed by atoms with van der Waals surface area (Å²) >= 11 is 0.936. The number of nitro benzene ring substituents is 1. The Hall–Kier alpha value is -2.67. The Bertz CT molecular complexity index is 776. The number of para-hydroxylation sites is 1. The number of fused-ring (bicyclic) bond motifs is 1. The highest BCUT2D eigenvalue weighted by Gasteiger charge is 2.38. The summed E-state index contributed by atoms with van der Waals surface area (Å²) in [6.07, 6.45) is 0. The fourth-order valence-electron chi connectivity index (χ4n) is 2.25. The molecule has 1 amide bonds. The molecule has 1 heterocycles. The van der Waals surface area contributed by atoms with Gasteiger partial charge in [0, 0.05) is 22.7 Å². The second kappa shape index (κ2) is 5.61. The van der Waals surface area contributed by atoms with E-state index >= 15 is 0 Å². The highest BCUT2D eigenvalue weighted by molar-refractivity contribution is 8.14. The summed E-state index contributed by atoms with van der Waals surface area (Å²) in [5, 5.41) is 13.2. The third-order valence-electron chi connectivity index (χ3n) is 3.26. The molecule has 1 N–H and O–H groups in total. The summed E-state index contributed by atoms with van der Waals surface area (Å²) in [7, 11) is 0. The van der Waals surface area contributed by atoms with Gasteiger partial charge in [0.1, 0.15) is 5.92 Å². The number of thioether (sulfide) groups is 1. The van der Waals surface area contributed by atoms with Gasteiger partial charge < -0.3 is 5.32 Å². The molecule has 0 spiro atoms. The maximum Gasteiger partial charge on any atom is 0.269 e. The number of rotatable bonds is 3. The third kappa shape index (κ3) is 2.58. The van der Waals surface area contributed by atoms with E-state index in [0.717, 1.165) is 11.8 Å². The van der Waals surface area contributed by atoms with Crippen LogP contribution in [0, 0.1) is 10.1 Å². The van der Waals surface area contributed by atoms with Gasteiger partial charge in [-0.1, -0.05) is 30.0 Å². The summed E-state index contributed by atoms with van der Waals surface area (Å²) in [6, 6.07) is 12.9. The largest absolute Gasteiger partial charge is 0.325 e. The molecular weight excluding hydrogens is 304 g/mol. The lowest BCUT2D eigenvalue weighted by Gasteiger charge is -2.10. The van der Waals surface area contributed by atoms with Crippen LogP contribution < -0.4 is 5.32 Å². The van der Waals surface area contributed by atoms with Gasteiger partial charge in [0.2, 0.25) is 11.0 Å². The van der Waals surface area contributed by atoms with E-state index in [1.807, 2.05) is 6.07 Å². The molecule has 0 aliphatic carbocycles. The van der Waals surface area contributed by atoms with Crippen LogP contribution >= 0.6 is 11.8 Å². The molecule has 3 rings (SSSR count). The Labute approximate surface area is 129 Å². The monoisotopic (exact) mass is 314 g/mol. The zero-order chi connectivity index (χ0) is 15.7. The first-order valence-corrected chi connectivity index (χ1v) is 7.24. The number of nitrogens with one attached hydrogen (secondary N) is 1. The van der Waals surface area contributed by atoms with Gasteiger partial charge in [-0.25, -0.2) is 0 Å². The van der Waals surface area contributed by atoms with Crippen molar-refractivity contribution in [1.82, 2.24) is 0 Å². The molecule has 1 unspecified atom stereocenters. The van der Waals surface area contributed by atoms with Gasteiger partial charge in [-0.2, -0.15) is 0 Å². The van der Waals surface area contributed by atoms with Crippen LogP contribution in [0.5, 0.6) is 0 Å². The highest BCUT2D eigenvalue weighted by atomic mass is 32.2. The van der Waals surface area contributed by atoms with Crippen molar-refractivity contribution in [3.05, 3.63) is 64.2 Å². The molecule has 110 valence electrons. The molecule has 7 heteroatoms. The van der Waals surface area contributed by atoms with Crippen LogP contribution in [-0.4, -0.2) is 15.9 Å². The number of carbonyl (C=O) groups is 2. The summed E-state index contributed by atoms with van der Waals surface area (Å²) in [4.78, 5) is 35.3. The molecule has 2 aromatic carbocycles. The van der Waals surface area contributed by atoms with Crippen molar-refractivity contribution < 1.29 is 14.5 Å². The number of nitro groups is 1. The number of benzene rings is 2. The van der Waals surface area contributed by atoms with E-state index in [9.17, 15) is 19.7 Å². The zero-order valence-corrected chi connectivity index (χ0v) is 12.0. The number of hydrogen-bond acceptors (Lipinski definition) is 5. The fourth-order valence-corrected chi connectivity index (χ4v) is 3.25. The Kier molecular flexibility index (Phi) is 3.64. The van der Waals surface area contributed by atoms with Crippen LogP contribution in [0.25, 0.3) is 0 Å². The normalized spacial score (nSPS) is 16.2. The van der Waals surface area contributed by atoms with Crippen molar-refractivity contribution in [1.29, 1.82) is 0 Å². The smallest absolute Gasteiger partial charge is 0.269 e. The van der Waals surface area contributed by atoms with E-state index in [-0.39, 0.29) is 10.8 Å². The van der Waals surface area contributed by atoms with Crippen molar-refractivity contribution in [2.75, 3.05) is 5.32 Å². The van der Waals surface area contributed by atoms with E-state index in [0.29, 0.717) is 16.1 Å². The minimum absolute atomic E-state index is 0.133. The van der Waals surface area contributed by atoms with E-state index in [1.165, 1.54) is 18.2 Å². The standard InChI is InChI=1S/C15H10N2O4S/c18-14(16-9-4-2-1-3-5-9)13-11-8-10(17(20)21)6-7-12(11)22-15(13)19/h1-8,13H,(H,16,18). The molecule has 2 aromatic rings. The van der Waals surface area contributed by atoms with E-state index in [4.69, 9.17) is 0 Å². The van der Waals surface area contributed by atoms with Gasteiger partial charge in [-0.15, -0.1) is 0 Å². The minimum Gasteiger partial charge on any atom is -0.325 e. The lowest BCUT2D eigenvalue weighted by molar-refractivity contribution is -0.385. The second-order valence-electron chi connectivity index (χ2n) is 4.69. The lowest BCUT2D eigenvalue weighted by Crippen LogP contribution is -2.23. The molecular formula is C15H10N2O4S. The number of hydrogen-bond donors (Lipinski definition) is 1. The number of non-ortho nitro benzene ring substituents is 1. The molecule has 1 atom stereocenters. The van der Waals surface area contributed by atoms with Crippen LogP contribution in [0.1, 0.15) is 11.5 Å². The minimum atomic E-state index is -1.03. The molecule has 0 bridgehead atoms. The summed E-state index contributed by atoms with van der Waals surface area (Å²) in [5.74, 6) is -1.51. The van der Waals surface area contributed by atoms with Gasteiger partial charge >= 0.3 is 0 Å². The van der Waals surface area contributed by atoms with Crippen LogP contribution in [-0.2, 0) is 9.59 Å². The summed E-state index contributed by atoms with van der Waals surface area (Å²) < 4.78 is 0. The third-order valence-corrected chi connectivity index (χ3v) is 4.29. The first kappa shape index (κ1) is 14.3. The van der Waals surface area contributed by atoms with Crippen molar-refractivity contribution >= 4 is 34.2 Å². The Morgan fingerprint density at radius 3 is 2.59 bits per heavy atom. The topological polar surface area (TPSA) is 89.3 Å². The van der Waals surface area contributed by atoms with Gasteiger partial charge in [0.15, 0.2) is 0 Å². The van der Waals surface area contributed by atoms with Gasteiger partial charge in [0.05, 0.1) is 4.92 Å². The average molecular weight is 314 g/mol. The molecule has 0 saturated carbocycles. The number of amides is 1. The van der Waals surface area contributed by atoms with Crippen molar-refractivity contribution in [2.45, 2.75) is 10.8 Å². The average Bonchev–Trinajstić information content (AvgIpc) is 2.83. The van der Waals surface area contributed by atoms with Crippen molar-refractivity contribution in [3.8, 4) is 0 Å². The van der Waals surface area contributed by atoms with Gasteiger partial charge in [0.25, 0.3) is 5.69 Å². The fraction of sp³-hybridized carbons (Fsp3) is 0.0667. The molecule has 0 aromatic heterocycles. The predicted octanol–water partition coefficient (Wildman–Crippen LogP) is 2.95. The molecule has 0 radical (unpaired) electrons. The summed E-state index contributed by atoms with van der Waals surface area (Å²) in [5.41, 5.74) is 0.827. The molecule has 1 aliphatic rings. The van der Waals surface area contributed by atoms with Crippen LogP contribution in [0.3, 0.4) is 0 Å². The zero-order valence-electron chi connectivity index (χ0n) is 11.2. The van der Waals surface area contributed by atoms with Crippen molar-refractivity contribution in [3.63, 3.8) is 0 Å². The van der Waals surface area contributed by atoms with E-state index < -0.39 is 16.7 Å². The molecule has 6 nitrogen and oxygen atoms in total. The number of nitrogens with zero attached hydrogens (tertiary/aromatic N) is 1. The Morgan fingerprint density at radius 1 is 1.18 bits per heavy atom. The predicted molar refractivity (Wildman–Crippen MR) is 81.8 cm³/mol. The SMILES string of the molecule is O=C(Nc1ccccc1)C1C(=O)Sc2ccc([N+](=O)[O-])cc21. The quantitative estimate of drug-likeness (QED) is 0.534. The number of carbonyl (C=O) groups excluding carboxylic acids is 2. The van der Waals surface area contributed by atoms with Gasteiger partial charge in [-0.3, -0.25) is 19.7 Å². The maximum absolute atomic E-state index is 12.4. The van der Waals surface area contributed by atoms with Crippen LogP contribution in [0.4, 0.5) is 11.4 Å². The highest BCUT2D eigenvalue weighted by Crippen LogP contribution is 2.42. The molecule has 0 saturated heterocycles. The summed E-state index contributed by atoms with van der Waals surface area (Å²) in [6.45, 7) is 0. The first-order chi connectivity index (χ1) is 10.6. The van der Waals surface area contributed by atoms with Gasteiger partial charge in [-0.05, 0) is 23.8 Å². The lowest BCUT2D eigenvalue weighted by atomic mass is 9.99. The van der Waals surface area contributed by atoms with Crippen molar-refractivity contribution in [2.24, 2.45) is 0 Å². The molecule has 22 heavy (non-hydrogen) atoms. The molecule has 1 aliphatic heterocycles. The van der Waals surface area contributed by atoms with E-state index in [2.05, 4.69) is 5.32 Å².